The number of nitrogens with one attached hydrogen (secondary N) is 3. The quantitative estimate of drug-likeness (QED) is 0.115. The van der Waals surface area contributed by atoms with E-state index in [1.165, 1.54) is 0 Å². The van der Waals surface area contributed by atoms with Crippen LogP contribution in [0.3, 0.4) is 0 Å². The summed E-state index contributed by atoms with van der Waals surface area (Å²) in [5.74, 6) is -0.397. The molecule has 2 heterocycles. The van der Waals surface area contributed by atoms with Crippen LogP contribution in [0.1, 0.15) is 47.4 Å². The lowest BCUT2D eigenvalue weighted by atomic mass is 10.1. The lowest BCUT2D eigenvalue weighted by Gasteiger charge is -2.17. The Labute approximate surface area is 256 Å². The number of rotatable bonds is 19. The zero-order valence-corrected chi connectivity index (χ0v) is 25.5. The molecule has 3 aromatic rings. The number of nitrogens with zero attached hydrogens (tertiary/aromatic N) is 2. The molecule has 0 aliphatic carbocycles. The highest BCUT2D eigenvalue weighted by Gasteiger charge is 2.18. The fourth-order valence-corrected chi connectivity index (χ4v) is 4.29. The molecule has 3 rings (SSSR count). The second-order valence-electron chi connectivity index (χ2n) is 9.71. The van der Waals surface area contributed by atoms with E-state index in [4.69, 9.17) is 30.5 Å². The second-order valence-corrected chi connectivity index (χ2v) is 10.1. The second kappa shape index (κ2) is 18.2. The first-order valence-electron chi connectivity index (χ1n) is 14.1. The van der Waals surface area contributed by atoms with Gasteiger partial charge in [0.15, 0.2) is 0 Å². The Kier molecular flexibility index (Phi) is 14.4. The Morgan fingerprint density at radius 3 is 2.65 bits per heavy atom. The number of anilines is 1. The van der Waals surface area contributed by atoms with Gasteiger partial charge in [0.25, 0.3) is 5.91 Å². The third kappa shape index (κ3) is 11.2. The summed E-state index contributed by atoms with van der Waals surface area (Å²) < 4.78 is 20.7. The molecule has 0 saturated carbocycles. The van der Waals surface area contributed by atoms with Crippen LogP contribution < -0.4 is 10.6 Å². The van der Waals surface area contributed by atoms with Gasteiger partial charge < -0.3 is 39.7 Å². The van der Waals surface area contributed by atoms with Crippen LogP contribution in [-0.2, 0) is 23.7 Å². The van der Waals surface area contributed by atoms with E-state index < -0.39 is 12.0 Å². The van der Waals surface area contributed by atoms with E-state index >= 15 is 0 Å². The number of aryl methyl sites for hydroxylation is 1. The van der Waals surface area contributed by atoms with E-state index in [0.717, 1.165) is 12.0 Å². The number of amides is 1. The van der Waals surface area contributed by atoms with Crippen molar-refractivity contribution in [1.82, 2.24) is 20.3 Å². The normalized spacial score (nSPS) is 12.5. The Morgan fingerprint density at radius 2 is 1.91 bits per heavy atom. The van der Waals surface area contributed by atoms with Gasteiger partial charge in [0.1, 0.15) is 12.3 Å². The van der Waals surface area contributed by atoms with Gasteiger partial charge in [0.05, 0.1) is 51.4 Å². The molecule has 43 heavy (non-hydrogen) atoms. The van der Waals surface area contributed by atoms with Gasteiger partial charge >= 0.3 is 5.97 Å². The highest BCUT2D eigenvalue weighted by atomic mass is 35.5. The minimum absolute atomic E-state index is 0.0343. The molecule has 0 unspecified atom stereocenters. The summed E-state index contributed by atoms with van der Waals surface area (Å²) >= 11 is 6.06. The monoisotopic (exact) mass is 617 g/mol. The van der Waals surface area contributed by atoms with Crippen LogP contribution in [0.5, 0.6) is 0 Å². The van der Waals surface area contributed by atoms with Gasteiger partial charge in [-0.3, -0.25) is 4.79 Å². The van der Waals surface area contributed by atoms with Gasteiger partial charge in [0.2, 0.25) is 5.95 Å². The van der Waals surface area contributed by atoms with Gasteiger partial charge in [-0.05, 0) is 42.7 Å². The predicted octanol–water partition coefficient (Wildman–Crippen LogP) is 3.70. The fourth-order valence-electron chi connectivity index (χ4n) is 4.09. The van der Waals surface area contributed by atoms with Gasteiger partial charge in [-0.1, -0.05) is 30.7 Å². The first-order valence-corrected chi connectivity index (χ1v) is 14.5. The summed E-state index contributed by atoms with van der Waals surface area (Å²) in [4.78, 5) is 37.0. The van der Waals surface area contributed by atoms with Gasteiger partial charge in [0, 0.05) is 42.6 Å². The molecular formula is C30H40ClN5O7. The molecule has 13 heteroatoms. The molecule has 0 bridgehead atoms. The highest BCUT2D eigenvalue weighted by Crippen LogP contribution is 2.24. The number of aliphatic hydroxyl groups is 1. The van der Waals surface area contributed by atoms with E-state index in [1.54, 1.807) is 49.8 Å². The molecule has 4 N–H and O–H groups in total. The number of methoxy groups -OCH3 is 1. The molecule has 0 fully saturated rings. The number of hydrogen-bond donors (Lipinski definition) is 4. The van der Waals surface area contributed by atoms with E-state index in [9.17, 15) is 14.7 Å². The van der Waals surface area contributed by atoms with Crippen molar-refractivity contribution in [3.63, 3.8) is 0 Å². The molecule has 2 atom stereocenters. The molecule has 0 spiro atoms. The number of H-pyrrole nitrogens is 1. The van der Waals surface area contributed by atoms with Crippen LogP contribution in [0.25, 0.3) is 11.3 Å². The minimum atomic E-state index is -0.613. The number of aromatic amines is 1. The van der Waals surface area contributed by atoms with Crippen molar-refractivity contribution in [2.45, 2.75) is 38.8 Å². The summed E-state index contributed by atoms with van der Waals surface area (Å²) in [6.07, 6.45) is 4.72. The largest absolute Gasteiger partial charge is 0.464 e. The first kappa shape index (κ1) is 33.9. The molecule has 12 nitrogen and oxygen atoms in total. The number of aliphatic hydroxyl groups excluding tert-OH is 1. The van der Waals surface area contributed by atoms with Crippen molar-refractivity contribution in [1.29, 1.82) is 0 Å². The van der Waals surface area contributed by atoms with Crippen molar-refractivity contribution < 1.29 is 33.6 Å². The Balaban J connectivity index is 1.52. The number of carbonyl (C=O) groups excluding carboxylic acids is 2. The van der Waals surface area contributed by atoms with Gasteiger partial charge in [-0.25, -0.2) is 14.8 Å². The third-order valence-corrected chi connectivity index (χ3v) is 6.73. The number of carbonyl (C=O) groups is 2. The Morgan fingerprint density at radius 1 is 1.12 bits per heavy atom. The smallest absolute Gasteiger partial charge is 0.332 e. The minimum Gasteiger partial charge on any atom is -0.464 e. The molecule has 234 valence electrons. The standard InChI is InChI=1S/C30H40ClN5O7/c1-4-24(8-9-43-27(38)19-42-13-12-41-11-10-40-3)34-30-33-16-20(2)28(36-30)22-15-25(32-17-22)29(39)35-26(18-37)21-6-5-7-23(31)14-21/h5-7,14-17,24,26,32,37H,4,8-13,18-19H2,1-3H3,(H,35,39)(H,33,34,36)/t24-,26-/m1/s1. The van der Waals surface area contributed by atoms with Crippen molar-refractivity contribution >= 4 is 29.4 Å². The summed E-state index contributed by atoms with van der Waals surface area (Å²) in [6.45, 7) is 5.36. The summed E-state index contributed by atoms with van der Waals surface area (Å²) in [5, 5.41) is 16.5. The average Bonchev–Trinajstić information content (AvgIpc) is 3.50. The average molecular weight is 618 g/mol. The van der Waals surface area contributed by atoms with E-state index in [-0.39, 0.29) is 31.8 Å². The number of esters is 1. The van der Waals surface area contributed by atoms with Crippen molar-refractivity contribution in [3.8, 4) is 11.3 Å². The number of hydrogen-bond acceptors (Lipinski definition) is 10. The van der Waals surface area contributed by atoms with Crippen LogP contribution in [0.2, 0.25) is 5.02 Å². The van der Waals surface area contributed by atoms with Crippen LogP contribution >= 0.6 is 11.6 Å². The van der Waals surface area contributed by atoms with Gasteiger partial charge in [-0.2, -0.15) is 0 Å². The van der Waals surface area contributed by atoms with Crippen LogP contribution in [0.4, 0.5) is 5.95 Å². The zero-order chi connectivity index (χ0) is 31.0. The topological polar surface area (TPSA) is 157 Å². The van der Waals surface area contributed by atoms with Crippen molar-refractivity contribution in [3.05, 3.63) is 64.6 Å². The maximum atomic E-state index is 12.9. The summed E-state index contributed by atoms with van der Waals surface area (Å²) in [7, 11) is 1.60. The maximum absolute atomic E-state index is 12.9. The van der Waals surface area contributed by atoms with E-state index in [1.807, 2.05) is 13.8 Å². The number of ether oxygens (including phenoxy) is 4. The predicted molar refractivity (Wildman–Crippen MR) is 162 cm³/mol. The number of benzene rings is 1. The number of halogens is 1. The fraction of sp³-hybridized carbons (Fsp3) is 0.467. The van der Waals surface area contributed by atoms with Crippen LogP contribution in [0.15, 0.2) is 42.7 Å². The molecule has 1 amide bonds. The van der Waals surface area contributed by atoms with E-state index in [0.29, 0.717) is 66.3 Å². The number of aromatic nitrogens is 3. The molecule has 1 aromatic carbocycles. The highest BCUT2D eigenvalue weighted by molar-refractivity contribution is 6.30. The summed E-state index contributed by atoms with van der Waals surface area (Å²) in [6, 6.07) is 8.03. The molecule has 0 aliphatic heterocycles. The molecule has 0 radical (unpaired) electrons. The van der Waals surface area contributed by atoms with Crippen LogP contribution in [0, 0.1) is 6.92 Å². The van der Waals surface area contributed by atoms with Crippen molar-refractivity contribution in [2.24, 2.45) is 0 Å². The first-order chi connectivity index (χ1) is 20.8. The lowest BCUT2D eigenvalue weighted by Crippen LogP contribution is -2.31. The Bertz CT molecular complexity index is 1310. The zero-order valence-electron chi connectivity index (χ0n) is 24.7. The molecule has 2 aromatic heterocycles. The maximum Gasteiger partial charge on any atom is 0.332 e. The van der Waals surface area contributed by atoms with Crippen LogP contribution in [-0.4, -0.2) is 91.3 Å². The Hall–Kier alpha value is -3.55. The molecule has 0 saturated heterocycles. The summed E-state index contributed by atoms with van der Waals surface area (Å²) in [5.41, 5.74) is 3.22. The third-order valence-electron chi connectivity index (χ3n) is 6.49. The van der Waals surface area contributed by atoms with Gasteiger partial charge in [-0.15, -0.1) is 0 Å². The molecule has 0 aliphatic rings. The molecular weight excluding hydrogens is 578 g/mol. The van der Waals surface area contributed by atoms with E-state index in [2.05, 4.69) is 25.6 Å². The SMILES string of the molecule is CC[C@H](CCOC(=O)COCCOCCOC)Nc1ncc(C)c(-c2c[nH]c(C(=O)N[C@H](CO)c3cccc(Cl)c3)c2)n1. The lowest BCUT2D eigenvalue weighted by molar-refractivity contribution is -0.149. The van der Waals surface area contributed by atoms with Crippen molar-refractivity contribution in [2.75, 3.05) is 58.7 Å².